The molecule has 0 heterocycles. The van der Waals surface area contributed by atoms with Gasteiger partial charge in [-0.2, -0.15) is 0 Å². The number of rotatable bonds is 4. The maximum atomic E-state index is 12.5. The van der Waals surface area contributed by atoms with E-state index in [0.29, 0.717) is 10.7 Å². The van der Waals surface area contributed by atoms with E-state index >= 15 is 0 Å². The molecule has 3 aromatic carbocycles. The Balaban J connectivity index is 1.74. The molecule has 144 valence electrons. The smallest absolute Gasteiger partial charge is 0.252 e. The van der Waals surface area contributed by atoms with Gasteiger partial charge in [0, 0.05) is 16.6 Å². The summed E-state index contributed by atoms with van der Waals surface area (Å²) < 4.78 is -0.804. The van der Waals surface area contributed by atoms with Crippen LogP contribution in [0.15, 0.2) is 72.8 Å². The predicted molar refractivity (Wildman–Crippen MR) is 131 cm³/mol. The van der Waals surface area contributed by atoms with Gasteiger partial charge in [0.05, 0.1) is 0 Å². The van der Waals surface area contributed by atoms with E-state index in [0.717, 1.165) is 16.5 Å². The first-order valence-corrected chi connectivity index (χ1v) is 11.1. The molecule has 0 saturated heterocycles. The fourth-order valence-electron chi connectivity index (χ4n) is 2.63. The van der Waals surface area contributed by atoms with Crippen molar-refractivity contribution in [1.82, 2.24) is 10.6 Å². The lowest BCUT2D eigenvalue weighted by molar-refractivity contribution is 0.0936. The zero-order valence-corrected chi connectivity index (χ0v) is 20.0. The molecule has 0 bridgehead atoms. The van der Waals surface area contributed by atoms with Crippen LogP contribution in [0.25, 0.3) is 10.8 Å². The minimum atomic E-state index is -0.804. The van der Waals surface area contributed by atoms with Crippen molar-refractivity contribution < 1.29 is 4.79 Å². The van der Waals surface area contributed by atoms with E-state index in [2.05, 4.69) is 63.7 Å². The summed E-state index contributed by atoms with van der Waals surface area (Å²) in [5.74, 6) is -0.228. The molecular weight excluding hydrogens is 570 g/mol. The summed E-state index contributed by atoms with van der Waals surface area (Å²) in [6.07, 6.45) is -0.588. The molecule has 4 nitrogen and oxygen atoms in total. The van der Waals surface area contributed by atoms with Crippen molar-refractivity contribution in [3.05, 3.63) is 78.4 Å². The van der Waals surface area contributed by atoms with Gasteiger partial charge in [0.2, 0.25) is 0 Å². The summed E-state index contributed by atoms with van der Waals surface area (Å²) in [5, 5.41) is 11.8. The van der Waals surface area contributed by atoms with Crippen LogP contribution in [0.4, 0.5) is 5.69 Å². The average molecular weight is 586 g/mol. The van der Waals surface area contributed by atoms with Gasteiger partial charge in [-0.25, -0.2) is 0 Å². The number of hydrogen-bond donors (Lipinski definition) is 3. The van der Waals surface area contributed by atoms with Crippen molar-refractivity contribution in [1.29, 1.82) is 0 Å². The van der Waals surface area contributed by atoms with Gasteiger partial charge in [-0.3, -0.25) is 4.79 Å². The molecule has 0 fully saturated rings. The van der Waals surface area contributed by atoms with Gasteiger partial charge in [-0.05, 0) is 35.8 Å². The van der Waals surface area contributed by atoms with E-state index in [1.54, 1.807) is 12.1 Å². The topological polar surface area (TPSA) is 53.2 Å². The van der Waals surface area contributed by atoms with Crippen LogP contribution in [-0.2, 0) is 0 Å². The second-order valence-electron chi connectivity index (χ2n) is 5.94. The van der Waals surface area contributed by atoms with Crippen LogP contribution in [0.1, 0.15) is 10.4 Å². The third-order valence-electron chi connectivity index (χ3n) is 3.95. The molecule has 0 aliphatic rings. The minimum absolute atomic E-state index is 0.228. The summed E-state index contributed by atoms with van der Waals surface area (Å²) >= 11 is 15.9. The van der Waals surface area contributed by atoms with Crippen LogP contribution in [-0.4, -0.2) is 19.3 Å². The molecule has 0 saturated carbocycles. The third-order valence-corrected chi connectivity index (χ3v) is 5.55. The number of nitrogens with one attached hydrogen (secondary N) is 3. The van der Waals surface area contributed by atoms with Gasteiger partial charge >= 0.3 is 0 Å². The summed E-state index contributed by atoms with van der Waals surface area (Å²) in [6, 6.07) is 23.0. The van der Waals surface area contributed by atoms with Crippen LogP contribution < -0.4 is 16.0 Å². The molecule has 28 heavy (non-hydrogen) atoms. The first-order chi connectivity index (χ1) is 13.3. The van der Waals surface area contributed by atoms with Gasteiger partial charge in [0.15, 0.2) is 7.26 Å². The molecule has 3 N–H and O–H groups in total. The molecule has 3 aromatic rings. The maximum absolute atomic E-state index is 12.5. The number of benzene rings is 3. The molecule has 3 rings (SSSR count). The zero-order valence-electron chi connectivity index (χ0n) is 14.5. The van der Waals surface area contributed by atoms with Crippen LogP contribution >= 0.6 is 60.0 Å². The SMILES string of the molecule is O=C(N[C@@H](NC(=S)Nc1cccc2ccccc12)C(Br)(Br)Br)c1ccccc1. The van der Waals surface area contributed by atoms with Crippen molar-refractivity contribution in [2.75, 3.05) is 5.32 Å². The van der Waals surface area contributed by atoms with Crippen molar-refractivity contribution in [2.24, 2.45) is 0 Å². The lowest BCUT2D eigenvalue weighted by Gasteiger charge is -2.29. The zero-order chi connectivity index (χ0) is 20.1. The van der Waals surface area contributed by atoms with E-state index in [9.17, 15) is 4.79 Å². The summed E-state index contributed by atoms with van der Waals surface area (Å²) in [4.78, 5) is 12.5. The number of carbonyl (C=O) groups is 1. The number of hydrogen-bond acceptors (Lipinski definition) is 2. The highest BCUT2D eigenvalue weighted by molar-refractivity contribution is 9.39. The highest BCUT2D eigenvalue weighted by atomic mass is 80.0. The van der Waals surface area contributed by atoms with Crippen molar-refractivity contribution in [3.8, 4) is 0 Å². The molecule has 0 radical (unpaired) electrons. The van der Waals surface area contributed by atoms with Crippen LogP contribution in [0.3, 0.4) is 0 Å². The molecule has 8 heteroatoms. The standard InChI is InChI=1S/C20H16Br3N3OS/c21-20(22,23)18(25-17(27)14-8-2-1-3-9-14)26-19(28)24-16-12-6-10-13-7-4-5-11-15(13)16/h1-12,18H,(H,25,27)(H2,24,26,28)/t18-/m0/s1. The number of amides is 1. The summed E-state index contributed by atoms with van der Waals surface area (Å²) in [6.45, 7) is 0. The predicted octanol–water partition coefficient (Wildman–Crippen LogP) is 5.72. The molecular formula is C20H16Br3N3OS. The Morgan fingerprint density at radius 2 is 1.50 bits per heavy atom. The van der Waals surface area contributed by atoms with Crippen LogP contribution in [0.5, 0.6) is 0 Å². The highest BCUT2D eigenvalue weighted by Crippen LogP contribution is 2.36. The van der Waals surface area contributed by atoms with E-state index < -0.39 is 8.31 Å². The Kier molecular flexibility index (Phi) is 7.09. The second kappa shape index (κ2) is 9.35. The van der Waals surface area contributed by atoms with E-state index in [1.807, 2.05) is 60.7 Å². The number of alkyl halides is 3. The number of fused-ring (bicyclic) bond motifs is 1. The van der Waals surface area contributed by atoms with Crippen molar-refractivity contribution >= 4 is 87.5 Å². The monoisotopic (exact) mass is 583 g/mol. The number of carbonyl (C=O) groups excluding carboxylic acids is 1. The molecule has 1 atom stereocenters. The molecule has 0 spiro atoms. The Labute approximate surface area is 193 Å². The van der Waals surface area contributed by atoms with E-state index in [4.69, 9.17) is 12.2 Å². The van der Waals surface area contributed by atoms with Crippen LogP contribution in [0, 0.1) is 0 Å². The van der Waals surface area contributed by atoms with Gasteiger partial charge < -0.3 is 16.0 Å². The molecule has 0 aliphatic heterocycles. The van der Waals surface area contributed by atoms with E-state index in [1.165, 1.54) is 0 Å². The summed E-state index contributed by atoms with van der Waals surface area (Å²) in [7, 11) is 0. The first-order valence-electron chi connectivity index (χ1n) is 8.32. The lowest BCUT2D eigenvalue weighted by Crippen LogP contribution is -2.55. The van der Waals surface area contributed by atoms with Gasteiger partial charge in [-0.15, -0.1) is 0 Å². The fraction of sp³-hybridized carbons (Fsp3) is 0.100. The molecule has 0 unspecified atom stereocenters. The van der Waals surface area contributed by atoms with Gasteiger partial charge in [-0.1, -0.05) is 102 Å². The second-order valence-corrected chi connectivity index (χ2v) is 13.3. The van der Waals surface area contributed by atoms with Gasteiger partial charge in [0.1, 0.15) is 6.17 Å². The Morgan fingerprint density at radius 3 is 2.21 bits per heavy atom. The number of halogens is 3. The van der Waals surface area contributed by atoms with E-state index in [-0.39, 0.29) is 5.91 Å². The Bertz CT molecular complexity index is 987. The molecule has 0 aromatic heterocycles. The quantitative estimate of drug-likeness (QED) is 0.208. The Morgan fingerprint density at radius 1 is 0.857 bits per heavy atom. The third kappa shape index (κ3) is 5.53. The average Bonchev–Trinajstić information content (AvgIpc) is 2.67. The minimum Gasteiger partial charge on any atom is -0.340 e. The number of thiocarbonyl (C=S) groups is 1. The van der Waals surface area contributed by atoms with Crippen molar-refractivity contribution in [2.45, 2.75) is 8.31 Å². The van der Waals surface area contributed by atoms with Gasteiger partial charge in [0.25, 0.3) is 5.91 Å². The normalized spacial score (nSPS) is 12.2. The van der Waals surface area contributed by atoms with Crippen molar-refractivity contribution in [3.63, 3.8) is 0 Å². The summed E-state index contributed by atoms with van der Waals surface area (Å²) in [5.41, 5.74) is 1.44. The fourth-order valence-corrected chi connectivity index (χ4v) is 3.54. The number of anilines is 1. The largest absolute Gasteiger partial charge is 0.340 e. The van der Waals surface area contributed by atoms with Crippen LogP contribution in [0.2, 0.25) is 0 Å². The Hall–Kier alpha value is -1.48. The molecule has 1 amide bonds. The molecule has 0 aliphatic carbocycles. The first kappa shape index (κ1) is 21.2. The lowest BCUT2D eigenvalue weighted by atomic mass is 10.1. The maximum Gasteiger partial charge on any atom is 0.252 e. The highest BCUT2D eigenvalue weighted by Gasteiger charge is 2.33.